The van der Waals surface area contributed by atoms with Gasteiger partial charge < -0.3 is 15.4 Å². The second-order valence-corrected chi connectivity index (χ2v) is 6.18. The number of nitro benzene ring substituents is 1. The van der Waals surface area contributed by atoms with Crippen molar-refractivity contribution in [3.05, 3.63) is 64.2 Å². The molecule has 0 aliphatic heterocycles. The van der Waals surface area contributed by atoms with Gasteiger partial charge in [-0.3, -0.25) is 14.9 Å². The Morgan fingerprint density at radius 2 is 1.96 bits per heavy atom. The van der Waals surface area contributed by atoms with E-state index in [0.29, 0.717) is 31.3 Å². The van der Waals surface area contributed by atoms with Gasteiger partial charge >= 0.3 is 0 Å². The Hall–Kier alpha value is -3.09. The second kappa shape index (κ2) is 8.33. The summed E-state index contributed by atoms with van der Waals surface area (Å²) in [5.74, 6) is 0.457. The molecule has 0 saturated heterocycles. The van der Waals surface area contributed by atoms with Crippen LogP contribution in [0.25, 0.3) is 0 Å². The lowest BCUT2D eigenvalue weighted by Gasteiger charge is -2.09. The fraction of sp³-hybridized carbons (Fsp3) is 0.316. The number of benzene rings is 2. The van der Waals surface area contributed by atoms with Crippen LogP contribution in [-0.4, -0.2) is 30.0 Å². The molecule has 0 atom stereocenters. The molecule has 0 heterocycles. The van der Waals surface area contributed by atoms with Crippen molar-refractivity contribution in [2.45, 2.75) is 25.3 Å². The molecular formula is C19H21N3O4. The fourth-order valence-electron chi connectivity index (χ4n) is 2.48. The number of nitro groups is 1. The van der Waals surface area contributed by atoms with Gasteiger partial charge in [0.1, 0.15) is 11.4 Å². The molecule has 0 bridgehead atoms. The van der Waals surface area contributed by atoms with E-state index in [4.69, 9.17) is 4.74 Å². The molecule has 1 aliphatic carbocycles. The van der Waals surface area contributed by atoms with Gasteiger partial charge in [0.15, 0.2) is 0 Å². The zero-order chi connectivity index (χ0) is 18.4. The van der Waals surface area contributed by atoms with Crippen molar-refractivity contribution in [3.63, 3.8) is 0 Å². The summed E-state index contributed by atoms with van der Waals surface area (Å²) in [6.45, 7) is 0.913. The third-order valence-corrected chi connectivity index (χ3v) is 4.01. The van der Waals surface area contributed by atoms with Crippen LogP contribution in [0.4, 0.5) is 11.4 Å². The van der Waals surface area contributed by atoms with Gasteiger partial charge in [0, 0.05) is 24.2 Å². The highest BCUT2D eigenvalue weighted by atomic mass is 16.6. The minimum absolute atomic E-state index is 0.0723. The van der Waals surface area contributed by atoms with E-state index in [1.807, 2.05) is 30.3 Å². The van der Waals surface area contributed by atoms with Gasteiger partial charge in [0.25, 0.3) is 11.6 Å². The monoisotopic (exact) mass is 355 g/mol. The van der Waals surface area contributed by atoms with Crippen molar-refractivity contribution in [2.24, 2.45) is 0 Å². The van der Waals surface area contributed by atoms with Crippen molar-refractivity contribution in [3.8, 4) is 5.75 Å². The third kappa shape index (κ3) is 4.95. The minimum Gasteiger partial charge on any atom is -0.494 e. The quantitative estimate of drug-likeness (QED) is 0.409. The zero-order valence-corrected chi connectivity index (χ0v) is 14.3. The van der Waals surface area contributed by atoms with Crippen LogP contribution in [0.15, 0.2) is 48.5 Å². The zero-order valence-electron chi connectivity index (χ0n) is 14.3. The van der Waals surface area contributed by atoms with Crippen LogP contribution in [0.2, 0.25) is 0 Å². The van der Waals surface area contributed by atoms with Crippen molar-refractivity contribution in [2.75, 3.05) is 18.5 Å². The van der Waals surface area contributed by atoms with E-state index in [1.165, 1.54) is 6.07 Å². The number of amides is 1. The van der Waals surface area contributed by atoms with Crippen LogP contribution in [-0.2, 0) is 0 Å². The van der Waals surface area contributed by atoms with Gasteiger partial charge in [0.2, 0.25) is 0 Å². The van der Waals surface area contributed by atoms with Crippen molar-refractivity contribution < 1.29 is 14.5 Å². The number of carbonyl (C=O) groups is 1. The highest BCUT2D eigenvalue weighted by molar-refractivity contribution is 5.95. The summed E-state index contributed by atoms with van der Waals surface area (Å²) in [6.07, 6.45) is 2.68. The first-order valence-corrected chi connectivity index (χ1v) is 8.64. The van der Waals surface area contributed by atoms with Crippen LogP contribution >= 0.6 is 0 Å². The maximum atomic E-state index is 12.2. The van der Waals surface area contributed by atoms with Gasteiger partial charge in [-0.15, -0.1) is 0 Å². The Kier molecular flexibility index (Phi) is 5.68. The molecule has 0 radical (unpaired) electrons. The van der Waals surface area contributed by atoms with Crippen LogP contribution < -0.4 is 15.4 Å². The molecule has 3 rings (SSSR count). The van der Waals surface area contributed by atoms with Crippen LogP contribution in [0.3, 0.4) is 0 Å². The maximum absolute atomic E-state index is 12.2. The topological polar surface area (TPSA) is 93.5 Å². The van der Waals surface area contributed by atoms with Gasteiger partial charge in [0.05, 0.1) is 11.5 Å². The van der Waals surface area contributed by atoms with Crippen LogP contribution in [0.5, 0.6) is 5.75 Å². The highest BCUT2D eigenvalue weighted by Crippen LogP contribution is 2.31. The SMILES string of the molecule is O=C(NCCCOc1ccccc1)c1ccc(NC2CC2)c([N+](=O)[O-])c1. The van der Waals surface area contributed by atoms with E-state index in [9.17, 15) is 14.9 Å². The molecule has 2 aromatic rings. The van der Waals surface area contributed by atoms with E-state index in [1.54, 1.807) is 12.1 Å². The molecule has 7 heteroatoms. The molecule has 0 spiro atoms. The van der Waals surface area contributed by atoms with E-state index in [2.05, 4.69) is 10.6 Å². The predicted octanol–water partition coefficient (Wildman–Crippen LogP) is 3.37. The Labute approximate surface area is 151 Å². The summed E-state index contributed by atoms with van der Waals surface area (Å²) in [5, 5.41) is 17.1. The molecule has 7 nitrogen and oxygen atoms in total. The average Bonchev–Trinajstić information content (AvgIpc) is 3.46. The summed E-state index contributed by atoms with van der Waals surface area (Å²) in [7, 11) is 0. The molecule has 136 valence electrons. The molecule has 2 aromatic carbocycles. The molecular weight excluding hydrogens is 334 g/mol. The lowest BCUT2D eigenvalue weighted by molar-refractivity contribution is -0.384. The lowest BCUT2D eigenvalue weighted by Crippen LogP contribution is -2.25. The van der Waals surface area contributed by atoms with E-state index < -0.39 is 4.92 Å². The molecule has 1 aliphatic rings. The molecule has 1 saturated carbocycles. The third-order valence-electron chi connectivity index (χ3n) is 4.01. The maximum Gasteiger partial charge on any atom is 0.293 e. The molecule has 26 heavy (non-hydrogen) atoms. The van der Waals surface area contributed by atoms with Gasteiger partial charge in [-0.1, -0.05) is 18.2 Å². The number of anilines is 1. The Bertz CT molecular complexity index is 776. The lowest BCUT2D eigenvalue weighted by atomic mass is 10.1. The Morgan fingerprint density at radius 1 is 1.19 bits per heavy atom. The Morgan fingerprint density at radius 3 is 2.65 bits per heavy atom. The first-order chi connectivity index (χ1) is 12.6. The summed E-state index contributed by atoms with van der Waals surface area (Å²) in [6, 6.07) is 14.3. The number of nitrogens with zero attached hydrogens (tertiary/aromatic N) is 1. The van der Waals surface area contributed by atoms with Gasteiger partial charge in [-0.05, 0) is 43.5 Å². The van der Waals surface area contributed by atoms with Crippen molar-refractivity contribution >= 4 is 17.3 Å². The molecule has 1 fully saturated rings. The van der Waals surface area contributed by atoms with Gasteiger partial charge in [-0.25, -0.2) is 0 Å². The molecule has 0 aromatic heterocycles. The second-order valence-electron chi connectivity index (χ2n) is 6.18. The number of ether oxygens (including phenoxy) is 1. The minimum atomic E-state index is -0.463. The number of para-hydroxylation sites is 1. The largest absolute Gasteiger partial charge is 0.494 e. The van der Waals surface area contributed by atoms with Crippen LogP contribution in [0, 0.1) is 10.1 Å². The number of hydrogen-bond acceptors (Lipinski definition) is 5. The number of nitrogens with one attached hydrogen (secondary N) is 2. The molecule has 2 N–H and O–H groups in total. The predicted molar refractivity (Wildman–Crippen MR) is 98.6 cm³/mol. The summed E-state index contributed by atoms with van der Waals surface area (Å²) < 4.78 is 5.55. The smallest absolute Gasteiger partial charge is 0.293 e. The van der Waals surface area contributed by atoms with E-state index >= 15 is 0 Å². The summed E-state index contributed by atoms with van der Waals surface area (Å²) in [4.78, 5) is 23.0. The number of carbonyl (C=O) groups excluding carboxylic acids is 1. The summed E-state index contributed by atoms with van der Waals surface area (Å²) in [5.41, 5.74) is 0.671. The fourth-order valence-corrected chi connectivity index (χ4v) is 2.48. The van der Waals surface area contributed by atoms with Crippen molar-refractivity contribution in [1.29, 1.82) is 0 Å². The molecule has 0 unspecified atom stereocenters. The van der Waals surface area contributed by atoms with E-state index in [-0.39, 0.29) is 17.2 Å². The first kappa shape index (κ1) is 17.7. The standard InChI is InChI=1S/C19H21N3O4/c23-19(20-11-4-12-26-16-5-2-1-3-6-16)14-7-10-17(21-15-8-9-15)18(13-14)22(24)25/h1-3,5-7,10,13,15,21H,4,8-9,11-12H2,(H,20,23). The van der Waals surface area contributed by atoms with Gasteiger partial charge in [-0.2, -0.15) is 0 Å². The average molecular weight is 355 g/mol. The van der Waals surface area contributed by atoms with E-state index in [0.717, 1.165) is 18.6 Å². The number of hydrogen-bond donors (Lipinski definition) is 2. The summed E-state index contributed by atoms with van der Waals surface area (Å²) >= 11 is 0. The number of rotatable bonds is 9. The first-order valence-electron chi connectivity index (χ1n) is 8.64. The highest BCUT2D eigenvalue weighted by Gasteiger charge is 2.25. The normalized spacial score (nSPS) is 13.1. The van der Waals surface area contributed by atoms with Crippen molar-refractivity contribution in [1.82, 2.24) is 5.32 Å². The molecule has 1 amide bonds. The Balaban J connectivity index is 1.49. The van der Waals surface area contributed by atoms with Crippen LogP contribution in [0.1, 0.15) is 29.6 Å².